The predicted molar refractivity (Wildman–Crippen MR) is 80.3 cm³/mol. The average molecular weight is 307 g/mol. The molecule has 2 aromatic rings. The van der Waals surface area contributed by atoms with E-state index in [0.29, 0.717) is 19.6 Å². The minimum Gasteiger partial charge on any atom is -0.494 e. The molecule has 0 unspecified atom stereocenters. The maximum absolute atomic E-state index is 10.6. The Kier molecular flexibility index (Phi) is 5.57. The maximum atomic E-state index is 10.6. The van der Waals surface area contributed by atoms with Gasteiger partial charge in [0.05, 0.1) is 24.6 Å². The highest BCUT2D eigenvalue weighted by Crippen LogP contribution is 2.18. The largest absolute Gasteiger partial charge is 0.494 e. The average Bonchev–Trinajstić information content (AvgIpc) is 2.88. The van der Waals surface area contributed by atoms with Gasteiger partial charge in [-0.1, -0.05) is 0 Å². The lowest BCUT2D eigenvalue weighted by atomic mass is 10.3. The summed E-state index contributed by atoms with van der Waals surface area (Å²) in [4.78, 5) is 15.6. The Balaban J connectivity index is 1.78. The van der Waals surface area contributed by atoms with E-state index in [-0.39, 0.29) is 6.42 Å². The van der Waals surface area contributed by atoms with Crippen molar-refractivity contribution in [2.24, 2.45) is 0 Å². The summed E-state index contributed by atoms with van der Waals surface area (Å²) >= 11 is 1.41. The van der Waals surface area contributed by atoms with Gasteiger partial charge in [-0.15, -0.1) is 11.3 Å². The van der Waals surface area contributed by atoms with E-state index >= 15 is 0 Å². The molecular weight excluding hydrogens is 290 g/mol. The fourth-order valence-electron chi connectivity index (χ4n) is 1.75. The number of nitrogens with zero attached hydrogens (tertiary/aromatic N) is 1. The van der Waals surface area contributed by atoms with Crippen molar-refractivity contribution in [1.82, 2.24) is 4.98 Å². The van der Waals surface area contributed by atoms with Gasteiger partial charge in [-0.2, -0.15) is 0 Å². The van der Waals surface area contributed by atoms with Crippen molar-refractivity contribution in [3.8, 4) is 11.5 Å². The van der Waals surface area contributed by atoms with Crippen LogP contribution in [-0.2, 0) is 17.6 Å². The van der Waals surface area contributed by atoms with Gasteiger partial charge in [0.1, 0.15) is 11.5 Å². The van der Waals surface area contributed by atoms with Gasteiger partial charge in [-0.25, -0.2) is 4.98 Å². The highest BCUT2D eigenvalue weighted by molar-refractivity contribution is 7.11. The number of thiazole rings is 1. The van der Waals surface area contributed by atoms with Gasteiger partial charge in [0.15, 0.2) is 0 Å². The van der Waals surface area contributed by atoms with E-state index in [1.54, 1.807) is 6.20 Å². The molecule has 2 rings (SSSR count). The fourth-order valence-corrected chi connectivity index (χ4v) is 2.64. The number of rotatable bonds is 8. The molecule has 5 nitrogen and oxygen atoms in total. The molecule has 6 heteroatoms. The summed E-state index contributed by atoms with van der Waals surface area (Å²) in [5.41, 5.74) is 0. The fraction of sp³-hybridized carbons (Fsp3) is 0.333. The zero-order valence-corrected chi connectivity index (χ0v) is 12.6. The standard InChI is InChI=1S/C15H17NO4S/c1-2-19-11-3-5-12(6-4-11)20-8-7-14-16-10-13(21-14)9-15(17)18/h3-6,10H,2,7-9H2,1H3,(H,17,18). The molecule has 1 N–H and O–H groups in total. The third-order valence-corrected chi connectivity index (χ3v) is 3.70. The molecule has 1 aromatic heterocycles. The number of benzene rings is 1. The Morgan fingerprint density at radius 1 is 1.24 bits per heavy atom. The van der Waals surface area contributed by atoms with E-state index < -0.39 is 5.97 Å². The van der Waals surface area contributed by atoms with Crippen LogP contribution < -0.4 is 9.47 Å². The Hall–Kier alpha value is -2.08. The summed E-state index contributed by atoms with van der Waals surface area (Å²) in [5.74, 6) is 0.764. The van der Waals surface area contributed by atoms with Crippen molar-refractivity contribution in [3.05, 3.63) is 40.3 Å². The predicted octanol–water partition coefficient (Wildman–Crippen LogP) is 2.79. The molecule has 21 heavy (non-hydrogen) atoms. The number of aromatic nitrogens is 1. The lowest BCUT2D eigenvalue weighted by Crippen LogP contribution is -2.01. The Bertz CT molecular complexity index is 580. The van der Waals surface area contributed by atoms with Crippen LogP contribution in [0.2, 0.25) is 0 Å². The molecule has 0 spiro atoms. The maximum Gasteiger partial charge on any atom is 0.308 e. The van der Waals surface area contributed by atoms with E-state index in [1.807, 2.05) is 31.2 Å². The van der Waals surface area contributed by atoms with Crippen molar-refractivity contribution in [2.45, 2.75) is 19.8 Å². The molecule has 1 aromatic carbocycles. The number of carboxylic acid groups (broad SMARTS) is 1. The molecule has 0 aliphatic rings. The second-order valence-electron chi connectivity index (χ2n) is 4.29. The molecule has 112 valence electrons. The van der Waals surface area contributed by atoms with Gasteiger partial charge in [0.25, 0.3) is 0 Å². The van der Waals surface area contributed by atoms with E-state index in [1.165, 1.54) is 11.3 Å². The summed E-state index contributed by atoms with van der Waals surface area (Å²) in [7, 11) is 0. The quantitative estimate of drug-likeness (QED) is 0.812. The summed E-state index contributed by atoms with van der Waals surface area (Å²) in [6, 6.07) is 7.46. The zero-order chi connectivity index (χ0) is 15.1. The van der Waals surface area contributed by atoms with Crippen LogP contribution in [0.5, 0.6) is 11.5 Å². The van der Waals surface area contributed by atoms with Crippen molar-refractivity contribution >= 4 is 17.3 Å². The second kappa shape index (κ2) is 7.64. The smallest absolute Gasteiger partial charge is 0.308 e. The third kappa shape index (κ3) is 5.07. The summed E-state index contributed by atoms with van der Waals surface area (Å²) in [6.07, 6.45) is 2.31. The third-order valence-electron chi connectivity index (χ3n) is 2.65. The van der Waals surface area contributed by atoms with Crippen LogP contribution in [0.15, 0.2) is 30.5 Å². The molecule has 0 fully saturated rings. The van der Waals surface area contributed by atoms with Crippen LogP contribution in [-0.4, -0.2) is 29.3 Å². The number of hydrogen-bond donors (Lipinski definition) is 1. The number of ether oxygens (including phenoxy) is 2. The normalized spacial score (nSPS) is 10.3. The highest BCUT2D eigenvalue weighted by atomic mass is 32.1. The molecule has 0 atom stereocenters. The van der Waals surface area contributed by atoms with Crippen LogP contribution in [0.25, 0.3) is 0 Å². The van der Waals surface area contributed by atoms with Crippen LogP contribution in [0.1, 0.15) is 16.8 Å². The first kappa shape index (κ1) is 15.3. The first-order chi connectivity index (χ1) is 10.2. The van der Waals surface area contributed by atoms with Crippen molar-refractivity contribution in [1.29, 1.82) is 0 Å². The minimum atomic E-state index is -0.837. The van der Waals surface area contributed by atoms with Crippen LogP contribution >= 0.6 is 11.3 Å². The van der Waals surface area contributed by atoms with Gasteiger partial charge in [0, 0.05) is 17.5 Å². The van der Waals surface area contributed by atoms with Gasteiger partial charge in [0.2, 0.25) is 0 Å². The SMILES string of the molecule is CCOc1ccc(OCCc2ncc(CC(=O)O)s2)cc1. The summed E-state index contributed by atoms with van der Waals surface area (Å²) in [5, 5.41) is 9.59. The zero-order valence-electron chi connectivity index (χ0n) is 11.7. The van der Waals surface area contributed by atoms with Gasteiger partial charge in [-0.05, 0) is 31.2 Å². The van der Waals surface area contributed by atoms with E-state index in [4.69, 9.17) is 14.6 Å². The topological polar surface area (TPSA) is 68.7 Å². The Morgan fingerprint density at radius 2 is 1.90 bits per heavy atom. The van der Waals surface area contributed by atoms with Crippen molar-refractivity contribution in [2.75, 3.05) is 13.2 Å². The molecule has 0 aliphatic heterocycles. The second-order valence-corrected chi connectivity index (χ2v) is 5.49. The van der Waals surface area contributed by atoms with E-state index in [2.05, 4.69) is 4.98 Å². The monoisotopic (exact) mass is 307 g/mol. The van der Waals surface area contributed by atoms with Crippen molar-refractivity contribution in [3.63, 3.8) is 0 Å². The van der Waals surface area contributed by atoms with Crippen LogP contribution in [0.3, 0.4) is 0 Å². The molecule has 0 amide bonds. The first-order valence-corrected chi connectivity index (χ1v) is 7.50. The van der Waals surface area contributed by atoms with Gasteiger partial charge >= 0.3 is 5.97 Å². The summed E-state index contributed by atoms with van der Waals surface area (Å²) < 4.78 is 11.0. The van der Waals surface area contributed by atoms with Gasteiger partial charge < -0.3 is 14.6 Å². The minimum absolute atomic E-state index is 0.0252. The molecule has 0 saturated carbocycles. The van der Waals surface area contributed by atoms with Crippen LogP contribution in [0.4, 0.5) is 0 Å². The van der Waals surface area contributed by atoms with Gasteiger partial charge in [-0.3, -0.25) is 4.79 Å². The molecule has 1 heterocycles. The lowest BCUT2D eigenvalue weighted by molar-refractivity contribution is -0.136. The molecule has 0 saturated heterocycles. The highest BCUT2D eigenvalue weighted by Gasteiger charge is 2.06. The van der Waals surface area contributed by atoms with E-state index in [9.17, 15) is 4.79 Å². The molecule has 0 aliphatic carbocycles. The Labute approximate surface area is 127 Å². The number of hydrogen-bond acceptors (Lipinski definition) is 5. The van der Waals surface area contributed by atoms with Crippen molar-refractivity contribution < 1.29 is 19.4 Å². The Morgan fingerprint density at radius 3 is 2.52 bits per heavy atom. The molecular formula is C15H17NO4S. The lowest BCUT2D eigenvalue weighted by Gasteiger charge is -2.06. The first-order valence-electron chi connectivity index (χ1n) is 6.68. The number of carboxylic acids is 1. The number of carbonyl (C=O) groups is 1. The molecule has 0 bridgehead atoms. The molecule has 0 radical (unpaired) electrons. The van der Waals surface area contributed by atoms with E-state index in [0.717, 1.165) is 21.4 Å². The summed E-state index contributed by atoms with van der Waals surface area (Å²) in [6.45, 7) is 3.09. The van der Waals surface area contributed by atoms with Crippen LogP contribution in [0, 0.1) is 0 Å². The number of aliphatic carboxylic acids is 1.